The zero-order valence-electron chi connectivity index (χ0n) is 14.9. The van der Waals surface area contributed by atoms with Crippen LogP contribution in [0.15, 0.2) is 24.3 Å². The molecule has 0 N–H and O–H groups in total. The highest BCUT2D eigenvalue weighted by atomic mass is 79.9. The minimum absolute atomic E-state index is 0.0262. The zero-order valence-corrected chi connectivity index (χ0v) is 18.1. The SMILES string of the molecule is O=C(c1ccc(N2C(=O)[C@@H]3C[C@@H](Br)[C@@H](Br)C[C@H]3C2=O)cc1)N1CCCCC1. The average Bonchev–Trinajstić information content (AvgIpc) is 2.92. The van der Waals surface area contributed by atoms with Crippen molar-refractivity contribution in [2.24, 2.45) is 11.8 Å². The summed E-state index contributed by atoms with van der Waals surface area (Å²) in [5.41, 5.74) is 1.17. The molecule has 3 fully saturated rings. The van der Waals surface area contributed by atoms with Gasteiger partial charge in [-0.2, -0.15) is 0 Å². The van der Waals surface area contributed by atoms with Crippen LogP contribution >= 0.6 is 31.9 Å². The van der Waals surface area contributed by atoms with Gasteiger partial charge in [-0.25, -0.2) is 0 Å². The fourth-order valence-corrected chi connectivity index (χ4v) is 5.62. The molecule has 2 heterocycles. The van der Waals surface area contributed by atoms with E-state index in [2.05, 4.69) is 31.9 Å². The van der Waals surface area contributed by atoms with Crippen LogP contribution in [0, 0.1) is 11.8 Å². The van der Waals surface area contributed by atoms with E-state index in [0.29, 0.717) is 24.1 Å². The summed E-state index contributed by atoms with van der Waals surface area (Å²) in [5, 5.41) is 0. The van der Waals surface area contributed by atoms with Crippen molar-refractivity contribution in [2.45, 2.75) is 41.8 Å². The number of halogens is 2. The van der Waals surface area contributed by atoms with Crippen molar-refractivity contribution in [3.05, 3.63) is 29.8 Å². The normalized spacial score (nSPS) is 31.2. The zero-order chi connectivity index (χ0) is 19.1. The monoisotopic (exact) mass is 496 g/mol. The van der Waals surface area contributed by atoms with Crippen LogP contribution in [0.1, 0.15) is 42.5 Å². The molecular weight excluding hydrogens is 476 g/mol. The summed E-state index contributed by atoms with van der Waals surface area (Å²) in [7, 11) is 0. The molecule has 3 amide bonds. The number of likely N-dealkylation sites (tertiary alicyclic amines) is 1. The number of imide groups is 1. The predicted octanol–water partition coefficient (Wildman–Crippen LogP) is 3.74. The van der Waals surface area contributed by atoms with Gasteiger partial charge in [0.1, 0.15) is 0 Å². The number of benzene rings is 1. The number of hydrogen-bond acceptors (Lipinski definition) is 3. The Morgan fingerprint density at radius 1 is 0.852 bits per heavy atom. The molecule has 2 saturated heterocycles. The maximum absolute atomic E-state index is 12.9. The summed E-state index contributed by atoms with van der Waals surface area (Å²) < 4.78 is 0. The Morgan fingerprint density at radius 2 is 1.37 bits per heavy atom. The average molecular weight is 498 g/mol. The van der Waals surface area contributed by atoms with Gasteiger partial charge in [0.15, 0.2) is 0 Å². The lowest BCUT2D eigenvalue weighted by Gasteiger charge is -2.29. The van der Waals surface area contributed by atoms with Gasteiger partial charge in [0, 0.05) is 28.3 Å². The Balaban J connectivity index is 1.53. The molecular formula is C20H22Br2N2O3. The van der Waals surface area contributed by atoms with E-state index in [1.165, 1.54) is 11.3 Å². The van der Waals surface area contributed by atoms with Crippen LogP contribution in [-0.2, 0) is 9.59 Å². The summed E-state index contributed by atoms with van der Waals surface area (Å²) in [6.45, 7) is 1.60. The Morgan fingerprint density at radius 3 is 1.89 bits per heavy atom. The van der Waals surface area contributed by atoms with Crippen LogP contribution in [0.5, 0.6) is 0 Å². The standard InChI is InChI=1S/C20H22Br2N2O3/c21-16-10-14-15(11-17(16)22)20(27)24(19(14)26)13-6-4-12(5-7-13)18(25)23-8-2-1-3-9-23/h4-7,14-17H,1-3,8-11H2/t14-,15-,16-,17+/m1/s1. The molecule has 2 aliphatic heterocycles. The van der Waals surface area contributed by atoms with E-state index in [4.69, 9.17) is 0 Å². The van der Waals surface area contributed by atoms with E-state index in [0.717, 1.165) is 25.9 Å². The third kappa shape index (κ3) is 3.48. The van der Waals surface area contributed by atoms with Gasteiger partial charge in [-0.05, 0) is 56.4 Å². The Hall–Kier alpha value is -1.21. The second-order valence-corrected chi connectivity index (χ2v) is 9.98. The highest BCUT2D eigenvalue weighted by molar-refractivity contribution is 9.12. The summed E-state index contributed by atoms with van der Waals surface area (Å²) in [5.74, 6) is -0.734. The van der Waals surface area contributed by atoms with Crippen LogP contribution < -0.4 is 4.90 Å². The van der Waals surface area contributed by atoms with E-state index in [9.17, 15) is 14.4 Å². The molecule has 0 spiro atoms. The number of amides is 3. The highest BCUT2D eigenvalue weighted by Gasteiger charge is 2.52. The molecule has 0 unspecified atom stereocenters. The maximum Gasteiger partial charge on any atom is 0.253 e. The number of anilines is 1. The van der Waals surface area contributed by atoms with E-state index in [1.54, 1.807) is 24.3 Å². The second kappa shape index (κ2) is 7.66. The first-order valence-corrected chi connectivity index (χ1v) is 11.4. The number of alkyl halides is 2. The van der Waals surface area contributed by atoms with Gasteiger partial charge in [0.25, 0.3) is 5.91 Å². The number of nitrogens with zero attached hydrogens (tertiary/aromatic N) is 2. The Bertz CT molecular complexity index is 733. The summed E-state index contributed by atoms with van der Waals surface area (Å²) >= 11 is 7.21. The highest BCUT2D eigenvalue weighted by Crippen LogP contribution is 2.44. The van der Waals surface area contributed by atoms with Crippen molar-refractivity contribution in [3.63, 3.8) is 0 Å². The van der Waals surface area contributed by atoms with E-state index in [-0.39, 0.29) is 39.2 Å². The Labute approximate surface area is 175 Å². The lowest BCUT2D eigenvalue weighted by atomic mass is 9.81. The second-order valence-electron chi connectivity index (χ2n) is 7.63. The summed E-state index contributed by atoms with van der Waals surface area (Å²) in [4.78, 5) is 41.9. The topological polar surface area (TPSA) is 57.7 Å². The number of fused-ring (bicyclic) bond motifs is 1. The summed E-state index contributed by atoms with van der Waals surface area (Å²) in [6.07, 6.45) is 4.59. The van der Waals surface area contributed by atoms with Crippen molar-refractivity contribution in [2.75, 3.05) is 18.0 Å². The molecule has 1 aromatic carbocycles. The summed E-state index contributed by atoms with van der Waals surface area (Å²) in [6, 6.07) is 6.91. The first kappa shape index (κ1) is 19.1. The fraction of sp³-hybridized carbons (Fsp3) is 0.550. The molecule has 27 heavy (non-hydrogen) atoms. The lowest BCUT2D eigenvalue weighted by Crippen LogP contribution is -2.35. The smallest absolute Gasteiger partial charge is 0.253 e. The number of piperidine rings is 1. The number of hydrogen-bond donors (Lipinski definition) is 0. The minimum atomic E-state index is -0.259. The van der Waals surface area contributed by atoms with Gasteiger partial charge in [-0.3, -0.25) is 19.3 Å². The molecule has 4 atom stereocenters. The predicted molar refractivity (Wildman–Crippen MR) is 110 cm³/mol. The molecule has 0 aromatic heterocycles. The van der Waals surface area contributed by atoms with Crippen LogP contribution in [-0.4, -0.2) is 45.4 Å². The lowest BCUT2D eigenvalue weighted by molar-refractivity contribution is -0.122. The van der Waals surface area contributed by atoms with Crippen LogP contribution in [0.2, 0.25) is 0 Å². The van der Waals surface area contributed by atoms with Crippen LogP contribution in [0.25, 0.3) is 0 Å². The largest absolute Gasteiger partial charge is 0.339 e. The molecule has 1 aliphatic carbocycles. The van der Waals surface area contributed by atoms with Gasteiger partial charge in [0.05, 0.1) is 17.5 Å². The van der Waals surface area contributed by atoms with Gasteiger partial charge in [-0.15, -0.1) is 0 Å². The molecule has 5 nitrogen and oxygen atoms in total. The first-order valence-electron chi connectivity index (χ1n) is 9.52. The minimum Gasteiger partial charge on any atom is -0.339 e. The van der Waals surface area contributed by atoms with Crippen LogP contribution in [0.3, 0.4) is 0 Å². The molecule has 3 aliphatic rings. The van der Waals surface area contributed by atoms with Gasteiger partial charge in [-0.1, -0.05) is 31.9 Å². The molecule has 1 aromatic rings. The number of carbonyl (C=O) groups is 3. The van der Waals surface area contributed by atoms with Crippen LogP contribution in [0.4, 0.5) is 5.69 Å². The third-order valence-electron chi connectivity index (χ3n) is 5.93. The van der Waals surface area contributed by atoms with Crippen molar-refractivity contribution >= 4 is 55.3 Å². The molecule has 1 saturated carbocycles. The number of carbonyl (C=O) groups excluding carboxylic acids is 3. The van der Waals surface area contributed by atoms with Gasteiger partial charge >= 0.3 is 0 Å². The van der Waals surface area contributed by atoms with Crippen molar-refractivity contribution < 1.29 is 14.4 Å². The van der Waals surface area contributed by atoms with Crippen molar-refractivity contribution in [3.8, 4) is 0 Å². The number of rotatable bonds is 2. The molecule has 7 heteroatoms. The van der Waals surface area contributed by atoms with Crippen molar-refractivity contribution in [1.29, 1.82) is 0 Å². The Kier molecular flexibility index (Phi) is 5.43. The fourth-order valence-electron chi connectivity index (χ4n) is 4.38. The quantitative estimate of drug-likeness (QED) is 0.462. The molecule has 0 radical (unpaired) electrons. The van der Waals surface area contributed by atoms with Gasteiger partial charge < -0.3 is 4.90 Å². The molecule has 144 valence electrons. The maximum atomic E-state index is 12.9. The molecule has 4 rings (SSSR count). The van der Waals surface area contributed by atoms with E-state index < -0.39 is 0 Å². The third-order valence-corrected chi connectivity index (χ3v) is 8.66. The van der Waals surface area contributed by atoms with E-state index in [1.807, 2.05) is 4.90 Å². The first-order chi connectivity index (χ1) is 13.0. The van der Waals surface area contributed by atoms with E-state index >= 15 is 0 Å². The van der Waals surface area contributed by atoms with Crippen molar-refractivity contribution in [1.82, 2.24) is 4.90 Å². The molecule has 0 bridgehead atoms. The van der Waals surface area contributed by atoms with Gasteiger partial charge in [0.2, 0.25) is 11.8 Å².